The Morgan fingerprint density at radius 3 is 2.15 bits per heavy atom. The van der Waals surface area contributed by atoms with Crippen molar-refractivity contribution in [2.24, 2.45) is 0 Å². The van der Waals surface area contributed by atoms with Crippen LogP contribution in [0.3, 0.4) is 0 Å². The number of hydrogen-bond acceptors (Lipinski definition) is 3. The van der Waals surface area contributed by atoms with Crippen molar-refractivity contribution in [3.8, 4) is 11.1 Å². The Bertz CT molecular complexity index is 816. The molecule has 0 aromatic heterocycles. The Balaban J connectivity index is 0.00000163. The van der Waals surface area contributed by atoms with Gasteiger partial charge in [-0.05, 0) is 30.7 Å². The van der Waals surface area contributed by atoms with Gasteiger partial charge in [0, 0.05) is 22.9 Å². The minimum Gasteiger partial charge on any atom is -0.465 e. The van der Waals surface area contributed by atoms with Gasteiger partial charge < -0.3 is 10.5 Å². The highest BCUT2D eigenvalue weighted by Gasteiger charge is 2.37. The van der Waals surface area contributed by atoms with Gasteiger partial charge in [0.15, 0.2) is 0 Å². The lowest BCUT2D eigenvalue weighted by molar-refractivity contribution is -0.137. The molecule has 26 heavy (non-hydrogen) atoms. The molecule has 2 aromatic carbocycles. The van der Waals surface area contributed by atoms with Crippen LogP contribution in [0.4, 0.5) is 27.6 Å². The van der Waals surface area contributed by atoms with Crippen LogP contribution in [0, 0.1) is 18.6 Å². The summed E-state index contributed by atoms with van der Waals surface area (Å²) in [5, 5.41) is 0. The summed E-state index contributed by atoms with van der Waals surface area (Å²) in [6.45, 7) is 5.22. The Labute approximate surface area is 147 Å². The summed E-state index contributed by atoms with van der Waals surface area (Å²) < 4.78 is 71.7. The molecule has 0 spiro atoms. The second-order valence-corrected chi connectivity index (χ2v) is 5.00. The van der Waals surface area contributed by atoms with Gasteiger partial charge in [0.1, 0.15) is 11.6 Å². The number of methoxy groups -OCH3 is 1. The molecule has 0 saturated carbocycles. The van der Waals surface area contributed by atoms with Gasteiger partial charge in [0.2, 0.25) is 0 Å². The van der Waals surface area contributed by atoms with Gasteiger partial charge in [-0.15, -0.1) is 0 Å². The summed E-state index contributed by atoms with van der Waals surface area (Å²) in [6, 6.07) is 2.70. The van der Waals surface area contributed by atoms with Crippen molar-refractivity contribution in [2.45, 2.75) is 26.9 Å². The Morgan fingerprint density at radius 2 is 1.69 bits per heavy atom. The monoisotopic (exact) mass is 375 g/mol. The van der Waals surface area contributed by atoms with Crippen LogP contribution in [0.25, 0.3) is 11.1 Å². The van der Waals surface area contributed by atoms with E-state index in [0.717, 1.165) is 19.2 Å². The van der Waals surface area contributed by atoms with Crippen LogP contribution in [-0.2, 0) is 10.9 Å². The second kappa shape index (κ2) is 8.16. The topological polar surface area (TPSA) is 52.3 Å². The molecule has 0 unspecified atom stereocenters. The summed E-state index contributed by atoms with van der Waals surface area (Å²) in [5.41, 5.74) is 2.54. The van der Waals surface area contributed by atoms with E-state index in [4.69, 9.17) is 5.73 Å². The van der Waals surface area contributed by atoms with Crippen molar-refractivity contribution in [1.29, 1.82) is 0 Å². The standard InChI is InChI=1S/C16H12F5NO2.C2H6/c1-7-13(9-4-3-8(17)5-12(9)18)11(16(19,20)21)6-10(14(7)22)15(23)24-2;1-2/h3-6H,22H2,1-2H3;1-2H3. The molecule has 2 N–H and O–H groups in total. The van der Waals surface area contributed by atoms with Crippen molar-refractivity contribution in [1.82, 2.24) is 0 Å². The highest BCUT2D eigenvalue weighted by atomic mass is 19.4. The zero-order valence-corrected chi connectivity index (χ0v) is 14.6. The molecule has 0 amide bonds. The van der Waals surface area contributed by atoms with Crippen molar-refractivity contribution in [3.05, 3.63) is 52.6 Å². The minimum atomic E-state index is -4.89. The molecule has 2 aromatic rings. The lowest BCUT2D eigenvalue weighted by Gasteiger charge is -2.20. The van der Waals surface area contributed by atoms with E-state index in [1.54, 1.807) is 0 Å². The molecule has 142 valence electrons. The third kappa shape index (κ3) is 4.12. The van der Waals surface area contributed by atoms with E-state index < -0.39 is 46.0 Å². The van der Waals surface area contributed by atoms with Crippen LogP contribution in [0.2, 0.25) is 0 Å². The first-order valence-electron chi connectivity index (χ1n) is 7.62. The largest absolute Gasteiger partial charge is 0.465 e. The summed E-state index contributed by atoms with van der Waals surface area (Å²) in [4.78, 5) is 11.6. The fourth-order valence-corrected chi connectivity index (χ4v) is 2.37. The first kappa shape index (κ1) is 21.4. The second-order valence-electron chi connectivity index (χ2n) is 5.00. The van der Waals surface area contributed by atoms with E-state index in [-0.39, 0.29) is 11.3 Å². The van der Waals surface area contributed by atoms with Gasteiger partial charge in [-0.25, -0.2) is 13.6 Å². The predicted molar refractivity (Wildman–Crippen MR) is 88.6 cm³/mol. The molecular formula is C18H18F5NO2. The van der Waals surface area contributed by atoms with E-state index in [1.807, 2.05) is 13.8 Å². The van der Waals surface area contributed by atoms with Crippen LogP contribution in [-0.4, -0.2) is 13.1 Å². The molecule has 0 atom stereocenters. The first-order chi connectivity index (χ1) is 12.1. The zero-order chi connectivity index (χ0) is 20.2. The molecule has 0 fully saturated rings. The third-order valence-corrected chi connectivity index (χ3v) is 3.54. The predicted octanol–water partition coefficient (Wildman–Crippen LogP) is 5.35. The number of benzene rings is 2. The smallest absolute Gasteiger partial charge is 0.417 e. The number of nitrogens with two attached hydrogens (primary N) is 1. The summed E-state index contributed by atoms with van der Waals surface area (Å²) in [6.07, 6.45) is -4.89. The van der Waals surface area contributed by atoms with Gasteiger partial charge in [-0.3, -0.25) is 0 Å². The minimum absolute atomic E-state index is 0.157. The molecule has 2 rings (SSSR count). The Hall–Kier alpha value is -2.64. The Kier molecular flexibility index (Phi) is 6.72. The number of nitrogen functional groups attached to an aromatic ring is 1. The maximum atomic E-state index is 14.0. The van der Waals surface area contributed by atoms with Crippen molar-refractivity contribution in [2.75, 3.05) is 12.8 Å². The average Bonchev–Trinajstić information content (AvgIpc) is 2.58. The quantitative estimate of drug-likeness (QED) is 0.437. The normalized spacial score (nSPS) is 10.8. The van der Waals surface area contributed by atoms with Gasteiger partial charge in [-0.1, -0.05) is 13.8 Å². The highest BCUT2D eigenvalue weighted by molar-refractivity contribution is 5.98. The van der Waals surface area contributed by atoms with Crippen molar-refractivity contribution >= 4 is 11.7 Å². The highest BCUT2D eigenvalue weighted by Crippen LogP contribution is 2.43. The van der Waals surface area contributed by atoms with Crippen LogP contribution < -0.4 is 5.73 Å². The fraction of sp³-hybridized carbons (Fsp3) is 0.278. The van der Waals surface area contributed by atoms with E-state index in [1.165, 1.54) is 6.92 Å². The van der Waals surface area contributed by atoms with E-state index in [0.29, 0.717) is 12.1 Å². The maximum Gasteiger partial charge on any atom is 0.417 e. The lowest BCUT2D eigenvalue weighted by atomic mass is 9.90. The van der Waals surface area contributed by atoms with Crippen LogP contribution in [0.1, 0.15) is 35.3 Å². The first-order valence-corrected chi connectivity index (χ1v) is 7.62. The number of rotatable bonds is 2. The number of carbonyl (C=O) groups excluding carboxylic acids is 1. The number of anilines is 1. The van der Waals surface area contributed by atoms with E-state index >= 15 is 0 Å². The molecule has 3 nitrogen and oxygen atoms in total. The fourth-order valence-electron chi connectivity index (χ4n) is 2.37. The molecule has 0 radical (unpaired) electrons. The molecule has 0 aliphatic carbocycles. The van der Waals surface area contributed by atoms with Crippen LogP contribution >= 0.6 is 0 Å². The number of alkyl halides is 3. The average molecular weight is 375 g/mol. The van der Waals surface area contributed by atoms with Crippen LogP contribution in [0.15, 0.2) is 24.3 Å². The van der Waals surface area contributed by atoms with Crippen LogP contribution in [0.5, 0.6) is 0 Å². The van der Waals surface area contributed by atoms with Gasteiger partial charge in [-0.2, -0.15) is 13.2 Å². The number of carbonyl (C=O) groups is 1. The van der Waals surface area contributed by atoms with E-state index in [9.17, 15) is 26.7 Å². The molecular weight excluding hydrogens is 357 g/mol. The zero-order valence-electron chi connectivity index (χ0n) is 14.6. The van der Waals surface area contributed by atoms with E-state index in [2.05, 4.69) is 4.74 Å². The van der Waals surface area contributed by atoms with Gasteiger partial charge >= 0.3 is 12.1 Å². The summed E-state index contributed by atoms with van der Waals surface area (Å²) in [7, 11) is 0.998. The number of esters is 1. The molecule has 0 saturated heterocycles. The number of hydrogen-bond donors (Lipinski definition) is 1. The van der Waals surface area contributed by atoms with Gasteiger partial charge in [0.25, 0.3) is 0 Å². The Morgan fingerprint density at radius 1 is 1.12 bits per heavy atom. The molecule has 0 aliphatic rings. The summed E-state index contributed by atoms with van der Waals surface area (Å²) >= 11 is 0. The maximum absolute atomic E-state index is 14.0. The SMILES string of the molecule is CC.COC(=O)c1cc(C(F)(F)F)c(-c2ccc(F)cc2F)c(C)c1N. The molecule has 0 heterocycles. The molecule has 0 bridgehead atoms. The summed E-state index contributed by atoms with van der Waals surface area (Å²) in [5.74, 6) is -3.15. The molecule has 0 aliphatic heterocycles. The van der Waals surface area contributed by atoms with Crippen molar-refractivity contribution in [3.63, 3.8) is 0 Å². The van der Waals surface area contributed by atoms with Crippen molar-refractivity contribution < 1.29 is 31.5 Å². The lowest BCUT2D eigenvalue weighted by Crippen LogP contribution is -2.15. The number of halogens is 5. The van der Waals surface area contributed by atoms with Gasteiger partial charge in [0.05, 0.1) is 18.2 Å². The number of ether oxygens (including phenoxy) is 1. The molecule has 8 heteroatoms. The third-order valence-electron chi connectivity index (χ3n) is 3.54.